The van der Waals surface area contributed by atoms with Crippen molar-refractivity contribution in [1.29, 1.82) is 5.26 Å². The normalized spacial score (nSPS) is 12.4. The number of nitriles is 1. The molecule has 0 N–H and O–H groups in total. The lowest BCUT2D eigenvalue weighted by Crippen LogP contribution is -2.25. The predicted molar refractivity (Wildman–Crippen MR) is 116 cm³/mol. The van der Waals surface area contributed by atoms with Crippen LogP contribution in [0.4, 0.5) is 19.0 Å². The van der Waals surface area contributed by atoms with Crippen molar-refractivity contribution in [3.05, 3.63) is 71.0 Å². The molecule has 0 saturated carbocycles. The van der Waals surface area contributed by atoms with E-state index in [2.05, 4.69) is 24.9 Å². The molecular formula is C22H15ClF3N7. The minimum atomic E-state index is -4.63. The van der Waals surface area contributed by atoms with Gasteiger partial charge in [-0.2, -0.15) is 18.4 Å². The van der Waals surface area contributed by atoms with Gasteiger partial charge in [0.2, 0.25) is 0 Å². The summed E-state index contributed by atoms with van der Waals surface area (Å²) < 4.78 is 40.7. The average Bonchev–Trinajstić information content (AvgIpc) is 2.81. The molecule has 4 rings (SSSR count). The Labute approximate surface area is 191 Å². The standard InChI is InChI=1S/C22H15ClF3N7/c1-12(18-20(29-6-5-28-18)17-4-3-13(9-27)10-30-17)33(2)21-15-7-14(23)8-16(22(24,25)26)19(15)31-11-32-21/h3-8,10-12H,1-2H3. The molecule has 0 aliphatic carbocycles. The molecule has 0 saturated heterocycles. The maximum Gasteiger partial charge on any atom is 0.418 e. The molecule has 11 heteroatoms. The number of anilines is 1. The van der Waals surface area contributed by atoms with E-state index in [4.69, 9.17) is 16.9 Å². The predicted octanol–water partition coefficient (Wildman–Crippen LogP) is 5.22. The largest absolute Gasteiger partial charge is 0.418 e. The zero-order valence-electron chi connectivity index (χ0n) is 17.3. The fourth-order valence-corrected chi connectivity index (χ4v) is 3.65. The van der Waals surface area contributed by atoms with Crippen molar-refractivity contribution in [1.82, 2.24) is 24.9 Å². The summed E-state index contributed by atoms with van der Waals surface area (Å²) in [7, 11) is 1.69. The first-order valence-electron chi connectivity index (χ1n) is 9.62. The number of nitrogens with zero attached hydrogens (tertiary/aromatic N) is 7. The van der Waals surface area contributed by atoms with Gasteiger partial charge in [0, 0.05) is 36.0 Å². The van der Waals surface area contributed by atoms with Crippen LogP contribution in [0.5, 0.6) is 0 Å². The van der Waals surface area contributed by atoms with Crippen LogP contribution in [0, 0.1) is 11.3 Å². The van der Waals surface area contributed by atoms with Gasteiger partial charge >= 0.3 is 6.18 Å². The molecule has 0 aliphatic rings. The topological polar surface area (TPSA) is 91.5 Å². The Bertz CT molecular complexity index is 1370. The SMILES string of the molecule is CC(c1nccnc1-c1ccc(C#N)cn1)N(C)c1ncnc2c(C(F)(F)F)cc(Cl)cc12. The Morgan fingerprint density at radius 1 is 1.06 bits per heavy atom. The second-order valence-corrected chi connectivity index (χ2v) is 7.60. The summed E-state index contributed by atoms with van der Waals surface area (Å²) in [6, 6.07) is 7.08. The van der Waals surface area contributed by atoms with Crippen LogP contribution in [-0.4, -0.2) is 32.0 Å². The van der Waals surface area contributed by atoms with E-state index in [0.717, 1.165) is 12.4 Å². The number of rotatable bonds is 4. The lowest BCUT2D eigenvalue weighted by atomic mass is 10.1. The van der Waals surface area contributed by atoms with Crippen LogP contribution in [0.15, 0.2) is 49.2 Å². The van der Waals surface area contributed by atoms with Crippen LogP contribution < -0.4 is 4.90 Å². The zero-order chi connectivity index (χ0) is 23.8. The molecule has 4 aromatic rings. The number of benzene rings is 1. The minimum Gasteiger partial charge on any atom is -0.351 e. The van der Waals surface area contributed by atoms with Crippen LogP contribution in [-0.2, 0) is 6.18 Å². The van der Waals surface area contributed by atoms with Gasteiger partial charge in [-0.1, -0.05) is 11.6 Å². The highest BCUT2D eigenvalue weighted by Gasteiger charge is 2.35. The third-order valence-corrected chi connectivity index (χ3v) is 5.38. The van der Waals surface area contributed by atoms with E-state index in [0.29, 0.717) is 22.6 Å². The highest BCUT2D eigenvalue weighted by molar-refractivity contribution is 6.31. The molecule has 7 nitrogen and oxygen atoms in total. The lowest BCUT2D eigenvalue weighted by Gasteiger charge is -2.27. The fraction of sp³-hybridized carbons (Fsp3) is 0.182. The monoisotopic (exact) mass is 469 g/mol. The zero-order valence-corrected chi connectivity index (χ0v) is 18.1. The van der Waals surface area contributed by atoms with Gasteiger partial charge in [0.15, 0.2) is 0 Å². The van der Waals surface area contributed by atoms with E-state index in [-0.39, 0.29) is 21.7 Å². The molecule has 0 aliphatic heterocycles. The first-order valence-corrected chi connectivity index (χ1v) is 10.00. The summed E-state index contributed by atoms with van der Waals surface area (Å²) in [6.45, 7) is 1.82. The van der Waals surface area contributed by atoms with Crippen molar-refractivity contribution >= 4 is 28.3 Å². The van der Waals surface area contributed by atoms with Gasteiger partial charge in [-0.15, -0.1) is 0 Å². The van der Waals surface area contributed by atoms with Gasteiger partial charge in [-0.25, -0.2) is 9.97 Å². The van der Waals surface area contributed by atoms with Crippen molar-refractivity contribution < 1.29 is 13.2 Å². The Kier molecular flexibility index (Phi) is 5.82. The summed E-state index contributed by atoms with van der Waals surface area (Å²) >= 11 is 6.01. The van der Waals surface area contributed by atoms with E-state index < -0.39 is 17.8 Å². The van der Waals surface area contributed by atoms with E-state index in [9.17, 15) is 13.2 Å². The smallest absolute Gasteiger partial charge is 0.351 e. The molecule has 1 atom stereocenters. The van der Waals surface area contributed by atoms with Crippen molar-refractivity contribution in [2.24, 2.45) is 0 Å². The third kappa shape index (κ3) is 4.27. The molecule has 0 amide bonds. The minimum absolute atomic E-state index is 0.0751. The molecule has 0 spiro atoms. The first kappa shape index (κ1) is 22.4. The number of pyridine rings is 1. The van der Waals surface area contributed by atoms with Crippen molar-refractivity contribution in [3.63, 3.8) is 0 Å². The van der Waals surface area contributed by atoms with Gasteiger partial charge in [-0.3, -0.25) is 15.0 Å². The van der Waals surface area contributed by atoms with Crippen molar-refractivity contribution in [3.8, 4) is 17.5 Å². The molecule has 33 heavy (non-hydrogen) atoms. The molecule has 1 unspecified atom stereocenters. The maximum atomic E-state index is 13.6. The Hall–Kier alpha value is -3.84. The van der Waals surface area contributed by atoms with E-state index in [1.807, 2.05) is 13.0 Å². The summed E-state index contributed by atoms with van der Waals surface area (Å²) in [5.41, 5.74) is 0.739. The van der Waals surface area contributed by atoms with Gasteiger partial charge < -0.3 is 4.90 Å². The number of alkyl halides is 3. The fourth-order valence-electron chi connectivity index (χ4n) is 3.44. The molecule has 0 fully saturated rings. The summed E-state index contributed by atoms with van der Waals surface area (Å²) in [5, 5.41) is 9.09. The maximum absolute atomic E-state index is 13.6. The number of aromatic nitrogens is 5. The molecule has 3 aromatic heterocycles. The second kappa shape index (κ2) is 8.60. The number of hydrogen-bond donors (Lipinski definition) is 0. The summed E-state index contributed by atoms with van der Waals surface area (Å²) in [5.74, 6) is 0.255. The quantitative estimate of drug-likeness (QED) is 0.404. The highest BCUT2D eigenvalue weighted by Crippen LogP contribution is 2.39. The van der Waals surface area contributed by atoms with Crippen molar-refractivity contribution in [2.75, 3.05) is 11.9 Å². The molecule has 0 radical (unpaired) electrons. The Morgan fingerprint density at radius 2 is 1.82 bits per heavy atom. The van der Waals surface area contributed by atoms with Gasteiger partial charge in [0.1, 0.15) is 23.9 Å². The van der Waals surface area contributed by atoms with Crippen LogP contribution in [0.1, 0.15) is 29.8 Å². The van der Waals surface area contributed by atoms with Gasteiger partial charge in [0.25, 0.3) is 0 Å². The molecule has 1 aromatic carbocycles. The van der Waals surface area contributed by atoms with Gasteiger partial charge in [-0.05, 0) is 31.2 Å². The number of halogens is 4. The first-order chi connectivity index (χ1) is 15.7. The molecule has 3 heterocycles. The summed E-state index contributed by atoms with van der Waals surface area (Å²) in [6.07, 6.45) is 0.924. The van der Waals surface area contributed by atoms with E-state index in [1.165, 1.54) is 24.7 Å². The van der Waals surface area contributed by atoms with Crippen LogP contribution in [0.25, 0.3) is 22.3 Å². The van der Waals surface area contributed by atoms with Crippen LogP contribution >= 0.6 is 11.6 Å². The second-order valence-electron chi connectivity index (χ2n) is 7.17. The Morgan fingerprint density at radius 3 is 2.48 bits per heavy atom. The average molecular weight is 470 g/mol. The third-order valence-electron chi connectivity index (χ3n) is 5.16. The summed E-state index contributed by atoms with van der Waals surface area (Å²) in [4.78, 5) is 22.9. The van der Waals surface area contributed by atoms with E-state index in [1.54, 1.807) is 24.1 Å². The Balaban J connectivity index is 1.81. The molecule has 166 valence electrons. The van der Waals surface area contributed by atoms with Crippen LogP contribution in [0.2, 0.25) is 5.02 Å². The molecular weight excluding hydrogens is 455 g/mol. The van der Waals surface area contributed by atoms with Crippen molar-refractivity contribution in [2.45, 2.75) is 19.1 Å². The number of hydrogen-bond acceptors (Lipinski definition) is 7. The number of fused-ring (bicyclic) bond motifs is 1. The highest BCUT2D eigenvalue weighted by atomic mass is 35.5. The van der Waals surface area contributed by atoms with E-state index >= 15 is 0 Å². The molecule has 0 bridgehead atoms. The lowest BCUT2D eigenvalue weighted by molar-refractivity contribution is -0.136. The van der Waals surface area contributed by atoms with Gasteiger partial charge in [0.05, 0.1) is 34.1 Å². The van der Waals surface area contributed by atoms with Crippen LogP contribution in [0.3, 0.4) is 0 Å².